The summed E-state index contributed by atoms with van der Waals surface area (Å²) in [5.41, 5.74) is 4.14. The van der Waals surface area contributed by atoms with E-state index < -0.39 is 0 Å². The van der Waals surface area contributed by atoms with Crippen molar-refractivity contribution in [2.75, 3.05) is 13.1 Å². The number of aromatic nitrogens is 1. The molecule has 1 aromatic heterocycles. The fourth-order valence-electron chi connectivity index (χ4n) is 4.74. The summed E-state index contributed by atoms with van der Waals surface area (Å²) in [4.78, 5) is 15.3. The van der Waals surface area contributed by atoms with Gasteiger partial charge in [0.1, 0.15) is 0 Å². The van der Waals surface area contributed by atoms with Crippen molar-refractivity contribution in [3.63, 3.8) is 0 Å². The van der Waals surface area contributed by atoms with Crippen LogP contribution in [0.2, 0.25) is 5.02 Å². The van der Waals surface area contributed by atoms with Crippen LogP contribution >= 0.6 is 11.6 Å². The fourth-order valence-corrected chi connectivity index (χ4v) is 4.90. The number of ether oxygens (including phenoxy) is 1. The van der Waals surface area contributed by atoms with Crippen LogP contribution in [0.15, 0.2) is 48.7 Å². The molecular formula is C23H23ClN2O2. The summed E-state index contributed by atoms with van der Waals surface area (Å²) in [6.07, 6.45) is 3.65. The average Bonchev–Trinajstić information content (AvgIpc) is 3.27. The van der Waals surface area contributed by atoms with E-state index in [1.807, 2.05) is 29.3 Å². The van der Waals surface area contributed by atoms with Crippen molar-refractivity contribution in [3.05, 3.63) is 70.4 Å². The van der Waals surface area contributed by atoms with Crippen LogP contribution in [0, 0.1) is 0 Å². The topological polar surface area (TPSA) is 34.5 Å². The number of aryl methyl sites for hydroxylation is 1. The highest BCUT2D eigenvalue weighted by Gasteiger charge is 2.43. The third kappa shape index (κ3) is 2.66. The van der Waals surface area contributed by atoms with Gasteiger partial charge in [-0.25, -0.2) is 0 Å². The smallest absolute Gasteiger partial charge is 0.256 e. The Kier molecular flexibility index (Phi) is 4.22. The van der Waals surface area contributed by atoms with Crippen LogP contribution in [0.5, 0.6) is 0 Å². The molecular weight excluding hydrogens is 372 g/mol. The molecule has 2 aromatic carbocycles. The molecule has 5 rings (SSSR count). The second kappa shape index (κ2) is 6.64. The van der Waals surface area contributed by atoms with Crippen molar-refractivity contribution in [3.8, 4) is 0 Å². The molecule has 3 aromatic rings. The largest absolute Gasteiger partial charge is 0.365 e. The molecule has 0 saturated carbocycles. The van der Waals surface area contributed by atoms with Crippen LogP contribution < -0.4 is 0 Å². The third-order valence-electron chi connectivity index (χ3n) is 6.29. The summed E-state index contributed by atoms with van der Waals surface area (Å²) < 4.78 is 8.33. The van der Waals surface area contributed by atoms with Gasteiger partial charge in [-0.1, -0.05) is 41.9 Å². The van der Waals surface area contributed by atoms with E-state index in [1.165, 1.54) is 11.1 Å². The number of nitrogens with zero attached hydrogens (tertiary/aromatic N) is 2. The van der Waals surface area contributed by atoms with Crippen LogP contribution in [0.25, 0.3) is 10.9 Å². The van der Waals surface area contributed by atoms with E-state index in [2.05, 4.69) is 35.8 Å². The highest BCUT2D eigenvalue weighted by atomic mass is 35.5. The number of hydrogen-bond donors (Lipinski definition) is 0. The van der Waals surface area contributed by atoms with Gasteiger partial charge in [0, 0.05) is 36.2 Å². The Bertz CT molecular complexity index is 1060. The number of carbonyl (C=O) groups is 1. The summed E-state index contributed by atoms with van der Waals surface area (Å²) in [7, 11) is 0. The predicted molar refractivity (Wildman–Crippen MR) is 111 cm³/mol. The Labute approximate surface area is 169 Å². The van der Waals surface area contributed by atoms with E-state index in [0.29, 0.717) is 24.7 Å². The number of halogens is 1. The van der Waals surface area contributed by atoms with E-state index in [4.69, 9.17) is 16.3 Å². The maximum absolute atomic E-state index is 13.3. The third-order valence-corrected chi connectivity index (χ3v) is 6.52. The van der Waals surface area contributed by atoms with E-state index in [0.717, 1.165) is 35.9 Å². The van der Waals surface area contributed by atoms with Gasteiger partial charge in [-0.2, -0.15) is 0 Å². The minimum atomic E-state index is -0.224. The molecule has 3 heterocycles. The SMILES string of the molecule is CCn1cc(C(=O)N2CCC3(CC2)OCc2ccccc23)c2ccc(Cl)cc21. The molecule has 0 radical (unpaired) electrons. The van der Waals surface area contributed by atoms with Gasteiger partial charge in [-0.05, 0) is 43.0 Å². The molecule has 0 N–H and O–H groups in total. The molecule has 1 spiro atoms. The summed E-state index contributed by atoms with van der Waals surface area (Å²) >= 11 is 6.17. The first-order chi connectivity index (χ1) is 13.6. The van der Waals surface area contributed by atoms with E-state index in [9.17, 15) is 4.79 Å². The number of amides is 1. The number of hydrogen-bond acceptors (Lipinski definition) is 2. The molecule has 0 atom stereocenters. The van der Waals surface area contributed by atoms with Gasteiger partial charge < -0.3 is 14.2 Å². The van der Waals surface area contributed by atoms with E-state index >= 15 is 0 Å². The zero-order chi connectivity index (χ0) is 19.3. The monoisotopic (exact) mass is 394 g/mol. The first-order valence-electron chi connectivity index (χ1n) is 9.91. The van der Waals surface area contributed by atoms with Crippen LogP contribution in [-0.4, -0.2) is 28.5 Å². The summed E-state index contributed by atoms with van der Waals surface area (Å²) in [5, 5.41) is 1.66. The average molecular weight is 395 g/mol. The summed E-state index contributed by atoms with van der Waals surface area (Å²) in [5.74, 6) is 0.0978. The molecule has 1 saturated heterocycles. The minimum Gasteiger partial charge on any atom is -0.365 e. The van der Waals surface area contributed by atoms with Crippen LogP contribution in [0.1, 0.15) is 41.3 Å². The van der Waals surface area contributed by atoms with Crippen molar-refractivity contribution in [2.45, 2.75) is 38.5 Å². The van der Waals surface area contributed by atoms with Gasteiger partial charge in [0.2, 0.25) is 0 Å². The lowest BCUT2D eigenvalue weighted by Crippen LogP contribution is -2.45. The second-order valence-corrected chi connectivity index (χ2v) is 8.16. The Balaban J connectivity index is 1.41. The Morgan fingerprint density at radius 3 is 2.75 bits per heavy atom. The first kappa shape index (κ1) is 17.8. The zero-order valence-electron chi connectivity index (χ0n) is 16.0. The van der Waals surface area contributed by atoms with Crippen molar-refractivity contribution < 1.29 is 9.53 Å². The van der Waals surface area contributed by atoms with Gasteiger partial charge in [-0.15, -0.1) is 0 Å². The van der Waals surface area contributed by atoms with Crippen LogP contribution in [0.4, 0.5) is 0 Å². The van der Waals surface area contributed by atoms with Gasteiger partial charge in [0.25, 0.3) is 5.91 Å². The van der Waals surface area contributed by atoms with Gasteiger partial charge in [0.05, 0.1) is 23.3 Å². The number of carbonyl (C=O) groups excluding carboxylic acids is 1. The second-order valence-electron chi connectivity index (χ2n) is 7.72. The maximum Gasteiger partial charge on any atom is 0.256 e. The molecule has 4 nitrogen and oxygen atoms in total. The van der Waals surface area contributed by atoms with Crippen molar-refractivity contribution in [1.29, 1.82) is 0 Å². The van der Waals surface area contributed by atoms with Crippen LogP contribution in [0.3, 0.4) is 0 Å². The van der Waals surface area contributed by atoms with Crippen molar-refractivity contribution >= 4 is 28.4 Å². The summed E-state index contributed by atoms with van der Waals surface area (Å²) in [6.45, 7) is 4.97. The highest BCUT2D eigenvalue weighted by Crippen LogP contribution is 2.44. The van der Waals surface area contributed by atoms with Gasteiger partial charge in [-0.3, -0.25) is 4.79 Å². The number of likely N-dealkylation sites (tertiary alicyclic amines) is 1. The molecule has 1 fully saturated rings. The molecule has 5 heteroatoms. The quantitative estimate of drug-likeness (QED) is 0.614. The lowest BCUT2D eigenvalue weighted by Gasteiger charge is -2.39. The van der Waals surface area contributed by atoms with Crippen LogP contribution in [-0.2, 0) is 23.5 Å². The molecule has 1 amide bonds. The molecule has 2 aliphatic rings. The Morgan fingerprint density at radius 1 is 1.18 bits per heavy atom. The standard InChI is InChI=1S/C23H23ClN2O2/c1-2-25-14-19(18-8-7-17(24)13-21(18)25)22(27)26-11-9-23(10-12-26)20-6-4-3-5-16(20)15-28-23/h3-8,13-14H,2,9-12,15H2,1H3. The molecule has 28 heavy (non-hydrogen) atoms. The lowest BCUT2D eigenvalue weighted by molar-refractivity contribution is -0.0741. The zero-order valence-corrected chi connectivity index (χ0v) is 16.7. The molecule has 2 aliphatic heterocycles. The van der Waals surface area contributed by atoms with Crippen molar-refractivity contribution in [1.82, 2.24) is 9.47 Å². The highest BCUT2D eigenvalue weighted by molar-refractivity contribution is 6.31. The lowest BCUT2D eigenvalue weighted by atomic mass is 9.83. The first-order valence-corrected chi connectivity index (χ1v) is 10.3. The number of benzene rings is 2. The number of fused-ring (bicyclic) bond motifs is 3. The predicted octanol–water partition coefficient (Wildman–Crippen LogP) is 4.98. The molecule has 0 bridgehead atoms. The Hall–Kier alpha value is -2.30. The molecule has 0 unspecified atom stereocenters. The normalized spacial score (nSPS) is 18.0. The maximum atomic E-state index is 13.3. The minimum absolute atomic E-state index is 0.0978. The number of piperidine rings is 1. The van der Waals surface area contributed by atoms with E-state index in [1.54, 1.807) is 0 Å². The fraction of sp³-hybridized carbons (Fsp3) is 0.348. The van der Waals surface area contributed by atoms with Gasteiger partial charge >= 0.3 is 0 Å². The van der Waals surface area contributed by atoms with E-state index in [-0.39, 0.29) is 11.5 Å². The molecule has 144 valence electrons. The van der Waals surface area contributed by atoms with Crippen molar-refractivity contribution in [2.24, 2.45) is 0 Å². The Morgan fingerprint density at radius 2 is 1.96 bits per heavy atom. The summed E-state index contributed by atoms with van der Waals surface area (Å²) in [6, 6.07) is 14.2. The molecule has 0 aliphatic carbocycles. The number of rotatable bonds is 2. The van der Waals surface area contributed by atoms with Gasteiger partial charge in [0.15, 0.2) is 0 Å².